The molecule has 3 amide bonds. The molecule has 0 aliphatic carbocycles. The predicted octanol–water partition coefficient (Wildman–Crippen LogP) is 3.60. The SMILES string of the molecule is O=C(Nc1ccc(C(=O)NCCN2CCCCC2)cc1)Nc1ccc(-c2nc(N3CCOCC3)nc(N3C4CCC3COC4)n2)cc1. The van der Waals surface area contributed by atoms with Gasteiger partial charge < -0.3 is 40.1 Å². The second-order valence-corrected chi connectivity index (χ2v) is 12.6. The number of benzene rings is 2. The van der Waals surface area contributed by atoms with Crippen molar-refractivity contribution >= 4 is 35.2 Å². The van der Waals surface area contributed by atoms with Gasteiger partial charge in [0, 0.05) is 48.7 Å². The average molecular weight is 642 g/mol. The Kier molecular flexibility index (Phi) is 9.73. The number of ether oxygens (including phenoxy) is 2. The fourth-order valence-corrected chi connectivity index (χ4v) is 6.77. The minimum atomic E-state index is -0.378. The Morgan fingerprint density at radius 3 is 2.06 bits per heavy atom. The number of anilines is 4. The van der Waals surface area contributed by atoms with Gasteiger partial charge in [-0.2, -0.15) is 15.0 Å². The lowest BCUT2D eigenvalue weighted by molar-refractivity contribution is 0.0897. The summed E-state index contributed by atoms with van der Waals surface area (Å²) in [4.78, 5) is 46.9. The molecule has 2 unspecified atom stereocenters. The molecule has 2 bridgehead atoms. The van der Waals surface area contributed by atoms with E-state index in [1.807, 2.05) is 24.3 Å². The van der Waals surface area contributed by atoms with E-state index in [4.69, 9.17) is 24.4 Å². The number of rotatable bonds is 9. The zero-order chi connectivity index (χ0) is 32.0. The minimum Gasteiger partial charge on any atom is -0.378 e. The molecule has 13 heteroatoms. The Morgan fingerprint density at radius 2 is 1.38 bits per heavy atom. The fourth-order valence-electron chi connectivity index (χ4n) is 6.77. The number of aromatic nitrogens is 3. The van der Waals surface area contributed by atoms with Crippen molar-refractivity contribution < 1.29 is 19.1 Å². The highest BCUT2D eigenvalue weighted by molar-refractivity contribution is 6.00. The quantitative estimate of drug-likeness (QED) is 0.318. The topological polar surface area (TPSA) is 137 Å². The first kappa shape index (κ1) is 31.3. The van der Waals surface area contributed by atoms with Crippen molar-refractivity contribution in [3.05, 3.63) is 54.1 Å². The number of piperidine rings is 1. The maximum Gasteiger partial charge on any atom is 0.323 e. The summed E-state index contributed by atoms with van der Waals surface area (Å²) in [5.74, 6) is 1.82. The number of amides is 3. The number of morpholine rings is 2. The van der Waals surface area contributed by atoms with Gasteiger partial charge in [-0.1, -0.05) is 6.42 Å². The average Bonchev–Trinajstić information content (AvgIpc) is 3.37. The first-order valence-corrected chi connectivity index (χ1v) is 16.8. The van der Waals surface area contributed by atoms with Crippen LogP contribution in [0.3, 0.4) is 0 Å². The van der Waals surface area contributed by atoms with E-state index in [2.05, 4.69) is 30.7 Å². The number of carbonyl (C=O) groups is 2. The van der Waals surface area contributed by atoms with Crippen LogP contribution in [-0.2, 0) is 9.47 Å². The number of nitrogens with zero attached hydrogens (tertiary/aromatic N) is 6. The van der Waals surface area contributed by atoms with Crippen LogP contribution in [0.4, 0.5) is 28.1 Å². The molecule has 3 aromatic rings. The standard InChI is InChI=1S/C34H43N9O4/c44-31(35-14-17-41-15-2-1-3-16-41)25-6-10-27(11-7-25)37-34(45)36-26-8-4-24(5-9-26)30-38-32(42-18-20-46-21-19-42)40-33(39-30)43-28-12-13-29(43)23-47-22-28/h4-11,28-29H,1-3,12-23H2,(H,35,44)(H2,36,37,45). The number of urea groups is 1. The number of hydrogen-bond donors (Lipinski definition) is 3. The van der Waals surface area contributed by atoms with Crippen LogP contribution < -0.4 is 25.8 Å². The summed E-state index contributed by atoms with van der Waals surface area (Å²) in [6.07, 6.45) is 5.90. The van der Waals surface area contributed by atoms with E-state index in [1.165, 1.54) is 19.3 Å². The number of carbonyl (C=O) groups excluding carboxylic acids is 2. The smallest absolute Gasteiger partial charge is 0.323 e. The van der Waals surface area contributed by atoms with Crippen LogP contribution in [-0.4, -0.2) is 110 Å². The normalized spacial score (nSPS) is 21.4. The molecule has 0 spiro atoms. The molecule has 4 aliphatic rings. The Hall–Kier alpha value is -4.33. The van der Waals surface area contributed by atoms with Gasteiger partial charge in [0.2, 0.25) is 11.9 Å². The van der Waals surface area contributed by atoms with Gasteiger partial charge in [-0.25, -0.2) is 4.79 Å². The van der Waals surface area contributed by atoms with Crippen molar-refractivity contribution in [3.8, 4) is 11.4 Å². The summed E-state index contributed by atoms with van der Waals surface area (Å²) in [6.45, 7) is 7.81. The molecule has 0 radical (unpaired) electrons. The van der Waals surface area contributed by atoms with Gasteiger partial charge in [-0.15, -0.1) is 0 Å². The van der Waals surface area contributed by atoms with Gasteiger partial charge in [-0.05, 0) is 87.3 Å². The monoisotopic (exact) mass is 641 g/mol. The van der Waals surface area contributed by atoms with Crippen molar-refractivity contribution in [2.24, 2.45) is 0 Å². The molecule has 4 saturated heterocycles. The molecule has 4 fully saturated rings. The summed E-state index contributed by atoms with van der Waals surface area (Å²) in [5.41, 5.74) is 2.61. The van der Waals surface area contributed by atoms with Gasteiger partial charge >= 0.3 is 6.03 Å². The molecule has 47 heavy (non-hydrogen) atoms. The van der Waals surface area contributed by atoms with Crippen molar-refractivity contribution in [1.29, 1.82) is 0 Å². The minimum absolute atomic E-state index is 0.113. The third kappa shape index (κ3) is 7.64. The Bertz CT molecular complexity index is 1510. The van der Waals surface area contributed by atoms with E-state index in [1.54, 1.807) is 24.3 Å². The lowest BCUT2D eigenvalue weighted by atomic mass is 10.1. The second-order valence-electron chi connectivity index (χ2n) is 12.6. The molecule has 2 atom stereocenters. The van der Waals surface area contributed by atoms with E-state index in [9.17, 15) is 9.59 Å². The van der Waals surface area contributed by atoms with Crippen molar-refractivity contribution in [3.63, 3.8) is 0 Å². The fraction of sp³-hybridized carbons (Fsp3) is 0.500. The summed E-state index contributed by atoms with van der Waals surface area (Å²) in [5, 5.41) is 8.71. The van der Waals surface area contributed by atoms with Gasteiger partial charge in [0.05, 0.1) is 38.5 Å². The van der Waals surface area contributed by atoms with Gasteiger partial charge in [0.1, 0.15) is 0 Å². The predicted molar refractivity (Wildman–Crippen MR) is 180 cm³/mol. The number of nitrogens with one attached hydrogen (secondary N) is 3. The number of hydrogen-bond acceptors (Lipinski definition) is 10. The van der Waals surface area contributed by atoms with Gasteiger partial charge in [0.25, 0.3) is 5.91 Å². The summed E-state index contributed by atoms with van der Waals surface area (Å²) < 4.78 is 11.4. The molecule has 1 aromatic heterocycles. The van der Waals surface area contributed by atoms with Crippen molar-refractivity contribution in [1.82, 2.24) is 25.2 Å². The first-order chi connectivity index (χ1) is 23.1. The van der Waals surface area contributed by atoms with E-state index < -0.39 is 0 Å². The Balaban J connectivity index is 0.969. The van der Waals surface area contributed by atoms with Crippen LogP contribution in [0.15, 0.2) is 48.5 Å². The van der Waals surface area contributed by atoms with E-state index in [0.29, 0.717) is 67.6 Å². The third-order valence-corrected chi connectivity index (χ3v) is 9.35. The first-order valence-electron chi connectivity index (χ1n) is 16.8. The van der Waals surface area contributed by atoms with E-state index >= 15 is 0 Å². The van der Waals surface area contributed by atoms with Crippen molar-refractivity contribution in [2.45, 2.75) is 44.2 Å². The van der Waals surface area contributed by atoms with Gasteiger partial charge in [-0.3, -0.25) is 4.79 Å². The van der Waals surface area contributed by atoms with E-state index in [-0.39, 0.29) is 24.0 Å². The molecule has 7 rings (SSSR count). The van der Waals surface area contributed by atoms with Gasteiger partial charge in [0.15, 0.2) is 5.82 Å². The molecule has 13 nitrogen and oxygen atoms in total. The molecular formula is C34H43N9O4. The maximum atomic E-state index is 12.8. The second kappa shape index (κ2) is 14.6. The van der Waals surface area contributed by atoms with E-state index in [0.717, 1.165) is 51.1 Å². The zero-order valence-corrected chi connectivity index (χ0v) is 26.7. The van der Waals surface area contributed by atoms with Crippen LogP contribution in [0.5, 0.6) is 0 Å². The largest absolute Gasteiger partial charge is 0.378 e. The van der Waals surface area contributed by atoms with Crippen LogP contribution in [0.1, 0.15) is 42.5 Å². The van der Waals surface area contributed by atoms with Crippen LogP contribution >= 0.6 is 0 Å². The number of fused-ring (bicyclic) bond motifs is 2. The molecule has 2 aromatic carbocycles. The van der Waals surface area contributed by atoms with Crippen LogP contribution in [0.2, 0.25) is 0 Å². The van der Waals surface area contributed by atoms with Crippen LogP contribution in [0, 0.1) is 0 Å². The highest BCUT2D eigenvalue weighted by Crippen LogP contribution is 2.34. The summed E-state index contributed by atoms with van der Waals surface area (Å²) >= 11 is 0. The maximum absolute atomic E-state index is 12.8. The van der Waals surface area contributed by atoms with Crippen molar-refractivity contribution in [2.75, 3.05) is 86.1 Å². The molecule has 3 N–H and O–H groups in total. The van der Waals surface area contributed by atoms with Crippen LogP contribution in [0.25, 0.3) is 11.4 Å². The molecule has 248 valence electrons. The lowest BCUT2D eigenvalue weighted by Gasteiger charge is -2.35. The summed E-state index contributed by atoms with van der Waals surface area (Å²) in [7, 11) is 0. The molecular weight excluding hydrogens is 598 g/mol. The highest BCUT2D eigenvalue weighted by Gasteiger charge is 2.39. The summed E-state index contributed by atoms with van der Waals surface area (Å²) in [6, 6.07) is 14.6. The number of likely N-dealkylation sites (tertiary alicyclic amines) is 1. The molecule has 5 heterocycles. The zero-order valence-electron chi connectivity index (χ0n) is 26.7. The Labute approximate surface area is 275 Å². The lowest BCUT2D eigenvalue weighted by Crippen LogP contribution is -2.47. The highest BCUT2D eigenvalue weighted by atomic mass is 16.5. The third-order valence-electron chi connectivity index (χ3n) is 9.35. The molecule has 4 aliphatic heterocycles. The Morgan fingerprint density at radius 1 is 0.745 bits per heavy atom. The molecule has 0 saturated carbocycles.